The lowest BCUT2D eigenvalue weighted by molar-refractivity contribution is 0.592. The molecule has 0 bridgehead atoms. The summed E-state index contributed by atoms with van der Waals surface area (Å²) in [4.78, 5) is 16.3. The highest BCUT2D eigenvalue weighted by atomic mass is 19.1. The molecule has 2 aromatic heterocycles. The lowest BCUT2D eigenvalue weighted by Crippen LogP contribution is -2.24. The van der Waals surface area contributed by atoms with E-state index in [9.17, 15) is 9.18 Å². The summed E-state index contributed by atoms with van der Waals surface area (Å²) in [7, 11) is 0. The van der Waals surface area contributed by atoms with E-state index in [1.807, 2.05) is 13.8 Å². The lowest BCUT2D eigenvalue weighted by Gasteiger charge is -2.09. The van der Waals surface area contributed by atoms with Gasteiger partial charge in [-0.15, -0.1) is 0 Å². The average molecular weight is 246 g/mol. The minimum atomic E-state index is -0.420. The molecule has 0 spiro atoms. The molecule has 94 valence electrons. The number of nitrogens with zero attached hydrogens (tertiary/aromatic N) is 2. The maximum atomic E-state index is 13.6. The second-order valence-electron chi connectivity index (χ2n) is 4.64. The molecule has 0 saturated heterocycles. The highest BCUT2D eigenvalue weighted by Crippen LogP contribution is 2.08. The normalized spacial score (nSPS) is 10.9. The van der Waals surface area contributed by atoms with Gasteiger partial charge >= 0.3 is 0 Å². The van der Waals surface area contributed by atoms with E-state index in [0.29, 0.717) is 23.7 Å². The molecule has 0 radical (unpaired) electrons. The maximum Gasteiger partial charge on any atom is 0.259 e. The molecular weight excluding hydrogens is 231 g/mol. The molecule has 3 nitrogen and oxygen atoms in total. The van der Waals surface area contributed by atoms with Gasteiger partial charge in [-0.25, -0.2) is 9.37 Å². The quantitative estimate of drug-likeness (QED) is 0.834. The van der Waals surface area contributed by atoms with Crippen LogP contribution in [0, 0.1) is 11.7 Å². The van der Waals surface area contributed by atoms with E-state index in [1.54, 1.807) is 24.4 Å². The molecule has 0 aliphatic rings. The zero-order valence-corrected chi connectivity index (χ0v) is 10.4. The van der Waals surface area contributed by atoms with Crippen molar-refractivity contribution in [1.82, 2.24) is 9.55 Å². The topological polar surface area (TPSA) is 34.9 Å². The van der Waals surface area contributed by atoms with E-state index in [1.165, 1.54) is 16.8 Å². The molecule has 0 saturated carbocycles. The minimum absolute atomic E-state index is 0.205. The Labute approximate surface area is 105 Å². The molecule has 0 amide bonds. The summed E-state index contributed by atoms with van der Waals surface area (Å²) in [5.74, 6) is 0.319. The Bertz CT molecular complexity index is 590. The number of hydrogen-bond donors (Lipinski definition) is 0. The third-order valence-corrected chi connectivity index (χ3v) is 2.58. The number of rotatable bonds is 3. The zero-order valence-electron chi connectivity index (χ0n) is 10.4. The van der Waals surface area contributed by atoms with E-state index >= 15 is 0 Å². The Kier molecular flexibility index (Phi) is 3.55. The average Bonchev–Trinajstić information content (AvgIpc) is 2.34. The fourth-order valence-electron chi connectivity index (χ4n) is 1.85. The van der Waals surface area contributed by atoms with Crippen LogP contribution in [0.4, 0.5) is 4.39 Å². The summed E-state index contributed by atoms with van der Waals surface area (Å²) >= 11 is 0. The zero-order chi connectivity index (χ0) is 13.1. The SMILES string of the molecule is CC(C)Cc1cc(F)cn(-c2ccccn2)c1=O. The van der Waals surface area contributed by atoms with Crippen molar-refractivity contribution < 1.29 is 4.39 Å². The van der Waals surface area contributed by atoms with Crippen LogP contribution < -0.4 is 5.56 Å². The van der Waals surface area contributed by atoms with Crippen LogP contribution in [-0.2, 0) is 6.42 Å². The summed E-state index contributed by atoms with van der Waals surface area (Å²) in [6.07, 6.45) is 3.31. The van der Waals surface area contributed by atoms with Crippen molar-refractivity contribution in [3.63, 3.8) is 0 Å². The highest BCUT2D eigenvalue weighted by molar-refractivity contribution is 5.25. The van der Waals surface area contributed by atoms with Gasteiger partial charge in [0.25, 0.3) is 5.56 Å². The van der Waals surface area contributed by atoms with E-state index < -0.39 is 5.82 Å². The monoisotopic (exact) mass is 246 g/mol. The van der Waals surface area contributed by atoms with Gasteiger partial charge in [0.05, 0.1) is 0 Å². The summed E-state index contributed by atoms with van der Waals surface area (Å²) in [6, 6.07) is 6.51. The van der Waals surface area contributed by atoms with Crippen molar-refractivity contribution in [3.05, 3.63) is 58.4 Å². The Morgan fingerprint density at radius 2 is 2.17 bits per heavy atom. The number of aromatic nitrogens is 2. The van der Waals surface area contributed by atoms with Crippen molar-refractivity contribution in [2.45, 2.75) is 20.3 Å². The van der Waals surface area contributed by atoms with Crippen molar-refractivity contribution >= 4 is 0 Å². The van der Waals surface area contributed by atoms with Crippen LogP contribution in [-0.4, -0.2) is 9.55 Å². The van der Waals surface area contributed by atoms with E-state index in [2.05, 4.69) is 4.98 Å². The molecule has 4 heteroatoms. The summed E-state index contributed by atoms with van der Waals surface area (Å²) < 4.78 is 14.8. The summed E-state index contributed by atoms with van der Waals surface area (Å²) in [5.41, 5.74) is 0.277. The van der Waals surface area contributed by atoms with Gasteiger partial charge in [0, 0.05) is 18.0 Å². The van der Waals surface area contributed by atoms with Gasteiger partial charge in [0.2, 0.25) is 0 Å². The van der Waals surface area contributed by atoms with Crippen molar-refractivity contribution in [2.75, 3.05) is 0 Å². The molecule has 2 aromatic rings. The molecule has 0 aromatic carbocycles. The Hall–Kier alpha value is -1.97. The largest absolute Gasteiger partial charge is 0.269 e. The summed E-state index contributed by atoms with van der Waals surface area (Å²) in [5, 5.41) is 0. The first-order chi connectivity index (χ1) is 8.58. The third-order valence-electron chi connectivity index (χ3n) is 2.58. The van der Waals surface area contributed by atoms with Gasteiger partial charge in [-0.2, -0.15) is 0 Å². The predicted octanol–water partition coefficient (Wildman–Crippen LogP) is 2.57. The highest BCUT2D eigenvalue weighted by Gasteiger charge is 2.10. The van der Waals surface area contributed by atoms with Gasteiger partial charge in [-0.1, -0.05) is 19.9 Å². The Morgan fingerprint density at radius 1 is 1.39 bits per heavy atom. The van der Waals surface area contributed by atoms with Gasteiger partial charge in [-0.3, -0.25) is 9.36 Å². The molecule has 0 atom stereocenters. The predicted molar refractivity (Wildman–Crippen MR) is 68.3 cm³/mol. The van der Waals surface area contributed by atoms with Gasteiger partial charge in [0.1, 0.15) is 11.6 Å². The first-order valence-electron chi connectivity index (χ1n) is 5.90. The second kappa shape index (κ2) is 5.12. The van der Waals surface area contributed by atoms with E-state index in [4.69, 9.17) is 0 Å². The fourth-order valence-corrected chi connectivity index (χ4v) is 1.85. The molecule has 0 aliphatic carbocycles. The Morgan fingerprint density at radius 3 is 2.78 bits per heavy atom. The third kappa shape index (κ3) is 2.64. The van der Waals surface area contributed by atoms with Crippen LogP contribution in [0.15, 0.2) is 41.5 Å². The smallest absolute Gasteiger partial charge is 0.259 e. The molecule has 2 rings (SSSR count). The second-order valence-corrected chi connectivity index (χ2v) is 4.64. The number of pyridine rings is 2. The van der Waals surface area contributed by atoms with Gasteiger partial charge < -0.3 is 0 Å². The van der Waals surface area contributed by atoms with Crippen molar-refractivity contribution in [1.29, 1.82) is 0 Å². The van der Waals surface area contributed by atoms with E-state index in [-0.39, 0.29) is 5.56 Å². The van der Waals surface area contributed by atoms with Gasteiger partial charge in [-0.05, 0) is 30.5 Å². The standard InChI is InChI=1S/C14H15FN2O/c1-10(2)7-11-8-12(15)9-17(14(11)18)13-5-3-4-6-16-13/h3-6,8-10H,7H2,1-2H3. The molecule has 0 N–H and O–H groups in total. The Balaban J connectivity index is 2.55. The van der Waals surface area contributed by atoms with Crippen LogP contribution in [0.2, 0.25) is 0 Å². The lowest BCUT2D eigenvalue weighted by atomic mass is 10.0. The maximum absolute atomic E-state index is 13.6. The van der Waals surface area contributed by atoms with Crippen molar-refractivity contribution in [2.24, 2.45) is 5.92 Å². The van der Waals surface area contributed by atoms with Crippen LogP contribution in [0.3, 0.4) is 0 Å². The number of hydrogen-bond acceptors (Lipinski definition) is 2. The van der Waals surface area contributed by atoms with Crippen LogP contribution in [0.5, 0.6) is 0 Å². The molecule has 0 fully saturated rings. The van der Waals surface area contributed by atoms with Crippen LogP contribution >= 0.6 is 0 Å². The first-order valence-corrected chi connectivity index (χ1v) is 5.90. The molecule has 18 heavy (non-hydrogen) atoms. The number of halogens is 1. The van der Waals surface area contributed by atoms with E-state index in [0.717, 1.165) is 0 Å². The van der Waals surface area contributed by atoms with Crippen molar-refractivity contribution in [3.8, 4) is 5.82 Å². The minimum Gasteiger partial charge on any atom is -0.269 e. The summed E-state index contributed by atoms with van der Waals surface area (Å²) in [6.45, 7) is 3.99. The van der Waals surface area contributed by atoms with Crippen LogP contribution in [0.1, 0.15) is 19.4 Å². The molecule has 2 heterocycles. The molecule has 0 aliphatic heterocycles. The molecule has 0 unspecified atom stereocenters. The van der Waals surface area contributed by atoms with Crippen LogP contribution in [0.25, 0.3) is 5.82 Å². The first kappa shape index (κ1) is 12.5. The fraction of sp³-hybridized carbons (Fsp3) is 0.286. The molecular formula is C14H15FN2O. The van der Waals surface area contributed by atoms with Gasteiger partial charge in [0.15, 0.2) is 0 Å².